The summed E-state index contributed by atoms with van der Waals surface area (Å²) in [5.41, 5.74) is 3.19. The molecule has 0 fully saturated rings. The van der Waals surface area contributed by atoms with Crippen LogP contribution in [0.15, 0.2) is 30.7 Å². The van der Waals surface area contributed by atoms with E-state index in [-0.39, 0.29) is 12.5 Å². The van der Waals surface area contributed by atoms with Gasteiger partial charge in [0.05, 0.1) is 6.33 Å². The highest BCUT2D eigenvalue weighted by Gasteiger charge is 2.09. The molecule has 21 heavy (non-hydrogen) atoms. The van der Waals surface area contributed by atoms with Crippen molar-refractivity contribution < 1.29 is 9.90 Å². The number of carbonyl (C=O) groups is 1. The third kappa shape index (κ3) is 4.20. The molecule has 1 amide bonds. The van der Waals surface area contributed by atoms with Gasteiger partial charge in [0.2, 0.25) is 0 Å². The van der Waals surface area contributed by atoms with E-state index in [9.17, 15) is 4.79 Å². The Kier molecular flexibility index (Phi) is 5.13. The minimum atomic E-state index is -0.195. The SMILES string of the molecule is Cc1ccc(C#CCO)cc1C(=O)NCCc1cnc[nH]1. The van der Waals surface area contributed by atoms with Gasteiger partial charge in [0.1, 0.15) is 6.61 Å². The van der Waals surface area contributed by atoms with Crippen LogP contribution in [0.2, 0.25) is 0 Å². The molecule has 0 unspecified atom stereocenters. The summed E-state index contributed by atoms with van der Waals surface area (Å²) >= 11 is 0. The van der Waals surface area contributed by atoms with Gasteiger partial charge in [-0.25, -0.2) is 4.98 Å². The van der Waals surface area contributed by atoms with Crippen molar-refractivity contribution in [1.29, 1.82) is 0 Å². The normalized spacial score (nSPS) is 9.81. The van der Waals surface area contributed by atoms with Crippen LogP contribution < -0.4 is 5.32 Å². The van der Waals surface area contributed by atoms with Gasteiger partial charge in [-0.1, -0.05) is 17.9 Å². The Morgan fingerprint density at radius 2 is 2.33 bits per heavy atom. The molecule has 2 aromatic rings. The van der Waals surface area contributed by atoms with Gasteiger partial charge in [-0.2, -0.15) is 0 Å². The lowest BCUT2D eigenvalue weighted by atomic mass is 10.0. The molecule has 2 rings (SSSR count). The molecule has 0 aliphatic carbocycles. The van der Waals surface area contributed by atoms with Crippen molar-refractivity contribution in [3.05, 3.63) is 53.1 Å². The number of aromatic nitrogens is 2. The fourth-order valence-corrected chi connectivity index (χ4v) is 1.91. The number of rotatable bonds is 4. The Morgan fingerprint density at radius 3 is 3.05 bits per heavy atom. The summed E-state index contributed by atoms with van der Waals surface area (Å²) in [6, 6.07) is 5.42. The quantitative estimate of drug-likeness (QED) is 0.734. The maximum Gasteiger partial charge on any atom is 0.251 e. The first-order chi connectivity index (χ1) is 10.2. The minimum absolute atomic E-state index is 0.125. The van der Waals surface area contributed by atoms with Crippen molar-refractivity contribution in [3.8, 4) is 11.8 Å². The number of carbonyl (C=O) groups excluding carboxylic acids is 1. The molecule has 1 aromatic heterocycles. The lowest BCUT2D eigenvalue weighted by molar-refractivity contribution is 0.0953. The lowest BCUT2D eigenvalue weighted by Gasteiger charge is -2.07. The fraction of sp³-hybridized carbons (Fsp3) is 0.250. The summed E-state index contributed by atoms with van der Waals surface area (Å²) in [6.45, 7) is 2.22. The zero-order valence-corrected chi connectivity index (χ0v) is 11.8. The van der Waals surface area contributed by atoms with Gasteiger partial charge < -0.3 is 15.4 Å². The lowest BCUT2D eigenvalue weighted by Crippen LogP contribution is -2.26. The molecule has 0 aliphatic rings. The molecular formula is C16H17N3O2. The van der Waals surface area contributed by atoms with Gasteiger partial charge in [0.15, 0.2) is 0 Å². The molecule has 0 aliphatic heterocycles. The predicted octanol–water partition coefficient (Wildman–Crippen LogP) is 1.03. The van der Waals surface area contributed by atoms with E-state index in [0.717, 1.165) is 11.3 Å². The first kappa shape index (κ1) is 14.8. The van der Waals surface area contributed by atoms with Crippen molar-refractivity contribution in [2.24, 2.45) is 0 Å². The van der Waals surface area contributed by atoms with Crippen LogP contribution in [-0.4, -0.2) is 34.1 Å². The molecule has 0 atom stereocenters. The number of aliphatic hydroxyl groups is 1. The maximum absolute atomic E-state index is 12.2. The summed E-state index contributed by atoms with van der Waals surface area (Å²) in [7, 11) is 0. The number of nitrogens with one attached hydrogen (secondary N) is 2. The highest BCUT2D eigenvalue weighted by Crippen LogP contribution is 2.10. The van der Waals surface area contributed by atoms with Crippen LogP contribution in [-0.2, 0) is 6.42 Å². The van der Waals surface area contributed by atoms with E-state index in [4.69, 9.17) is 5.11 Å². The van der Waals surface area contributed by atoms with Crippen molar-refractivity contribution in [2.45, 2.75) is 13.3 Å². The minimum Gasteiger partial charge on any atom is -0.384 e. The zero-order valence-electron chi connectivity index (χ0n) is 11.8. The average molecular weight is 283 g/mol. The fourth-order valence-electron chi connectivity index (χ4n) is 1.91. The number of aromatic amines is 1. The van der Waals surface area contributed by atoms with E-state index in [0.29, 0.717) is 24.1 Å². The van der Waals surface area contributed by atoms with Gasteiger partial charge in [-0.15, -0.1) is 0 Å². The third-order valence-electron chi connectivity index (χ3n) is 3.03. The second kappa shape index (κ2) is 7.27. The number of benzene rings is 1. The molecule has 0 spiro atoms. The number of amides is 1. The Balaban J connectivity index is 2.00. The first-order valence-electron chi connectivity index (χ1n) is 6.66. The van der Waals surface area contributed by atoms with E-state index in [2.05, 4.69) is 27.1 Å². The van der Waals surface area contributed by atoms with Crippen LogP contribution in [0.5, 0.6) is 0 Å². The van der Waals surface area contributed by atoms with Gasteiger partial charge in [0, 0.05) is 36.0 Å². The number of H-pyrrole nitrogens is 1. The number of aliphatic hydroxyl groups excluding tert-OH is 1. The molecule has 0 bridgehead atoms. The van der Waals surface area contributed by atoms with Crippen LogP contribution in [0.25, 0.3) is 0 Å². The summed E-state index contributed by atoms with van der Waals surface area (Å²) in [5.74, 6) is 5.25. The molecule has 1 aromatic carbocycles. The van der Waals surface area contributed by atoms with Gasteiger partial charge in [-0.05, 0) is 24.6 Å². The van der Waals surface area contributed by atoms with E-state index in [1.807, 2.05) is 19.1 Å². The average Bonchev–Trinajstić information content (AvgIpc) is 2.99. The Morgan fingerprint density at radius 1 is 1.48 bits per heavy atom. The van der Waals surface area contributed by atoms with Gasteiger partial charge >= 0.3 is 0 Å². The van der Waals surface area contributed by atoms with E-state index < -0.39 is 0 Å². The number of hydrogen-bond donors (Lipinski definition) is 3. The van der Waals surface area contributed by atoms with Crippen molar-refractivity contribution in [2.75, 3.05) is 13.2 Å². The monoisotopic (exact) mass is 283 g/mol. The molecule has 5 heteroatoms. The Hall–Kier alpha value is -2.58. The van der Waals surface area contributed by atoms with E-state index in [1.165, 1.54) is 0 Å². The molecule has 0 saturated heterocycles. The topological polar surface area (TPSA) is 78.0 Å². The first-order valence-corrected chi connectivity index (χ1v) is 6.66. The zero-order chi connectivity index (χ0) is 15.1. The van der Waals surface area contributed by atoms with Crippen molar-refractivity contribution in [1.82, 2.24) is 15.3 Å². The molecule has 5 nitrogen and oxygen atoms in total. The second-order valence-corrected chi connectivity index (χ2v) is 4.57. The summed E-state index contributed by atoms with van der Waals surface area (Å²) in [6.07, 6.45) is 4.06. The number of imidazole rings is 1. The number of aryl methyl sites for hydroxylation is 1. The van der Waals surface area contributed by atoms with Crippen molar-refractivity contribution in [3.63, 3.8) is 0 Å². The largest absolute Gasteiger partial charge is 0.384 e. The summed E-state index contributed by atoms with van der Waals surface area (Å²) in [5, 5.41) is 11.6. The van der Waals surface area contributed by atoms with Gasteiger partial charge in [-0.3, -0.25) is 4.79 Å². The molecule has 108 valence electrons. The number of nitrogens with zero attached hydrogens (tertiary/aromatic N) is 1. The summed E-state index contributed by atoms with van der Waals surface area (Å²) < 4.78 is 0. The standard InChI is InChI=1S/C16H17N3O2/c1-12-4-5-13(3-2-8-20)9-15(12)16(21)18-7-6-14-10-17-11-19-14/h4-5,9-11,20H,6-8H2,1H3,(H,17,19)(H,18,21). The van der Waals surface area contributed by atoms with Gasteiger partial charge in [0.25, 0.3) is 5.91 Å². The predicted molar refractivity (Wildman–Crippen MR) is 79.8 cm³/mol. The maximum atomic E-state index is 12.2. The van der Waals surface area contributed by atoms with Crippen LogP contribution >= 0.6 is 0 Å². The molecule has 0 saturated carbocycles. The Bertz CT molecular complexity index is 667. The highest BCUT2D eigenvalue weighted by atomic mass is 16.2. The molecule has 1 heterocycles. The van der Waals surface area contributed by atoms with Crippen LogP contribution in [0.1, 0.15) is 27.2 Å². The Labute approximate surface area is 123 Å². The number of hydrogen-bond acceptors (Lipinski definition) is 3. The van der Waals surface area contributed by atoms with Crippen LogP contribution in [0.3, 0.4) is 0 Å². The highest BCUT2D eigenvalue weighted by molar-refractivity contribution is 5.96. The van der Waals surface area contributed by atoms with Crippen LogP contribution in [0.4, 0.5) is 0 Å². The summed E-state index contributed by atoms with van der Waals surface area (Å²) in [4.78, 5) is 19.1. The molecule has 0 radical (unpaired) electrons. The second-order valence-electron chi connectivity index (χ2n) is 4.57. The molecule has 3 N–H and O–H groups in total. The van der Waals surface area contributed by atoms with E-state index in [1.54, 1.807) is 18.6 Å². The van der Waals surface area contributed by atoms with Crippen LogP contribution in [0, 0.1) is 18.8 Å². The third-order valence-corrected chi connectivity index (χ3v) is 3.03. The van der Waals surface area contributed by atoms with E-state index >= 15 is 0 Å². The van der Waals surface area contributed by atoms with Crippen molar-refractivity contribution >= 4 is 5.91 Å². The smallest absolute Gasteiger partial charge is 0.251 e. The molecular weight excluding hydrogens is 266 g/mol.